The molecule has 0 unspecified atom stereocenters. The number of anilines is 1. The molecule has 0 heterocycles. The number of carbonyl (C=O) groups is 1. The van der Waals surface area contributed by atoms with Gasteiger partial charge in [0.15, 0.2) is 0 Å². The fourth-order valence-electron chi connectivity index (χ4n) is 0.937. The van der Waals surface area contributed by atoms with Gasteiger partial charge in [0.1, 0.15) is 0 Å². The average Bonchev–Trinajstić information content (AvgIpc) is 2.20. The molecule has 5 nitrogen and oxygen atoms in total. The summed E-state index contributed by atoms with van der Waals surface area (Å²) in [5, 5.41) is 2.26. The zero-order valence-electron chi connectivity index (χ0n) is 9.40. The van der Waals surface area contributed by atoms with Crippen molar-refractivity contribution in [3.8, 4) is 0 Å². The summed E-state index contributed by atoms with van der Waals surface area (Å²) in [6.07, 6.45) is 0. The second-order valence-electron chi connectivity index (χ2n) is 3.66. The Kier molecular flexibility index (Phi) is 4.36. The summed E-state index contributed by atoms with van der Waals surface area (Å²) in [6.45, 7) is 2.97. The molecule has 94 valence electrons. The van der Waals surface area contributed by atoms with Gasteiger partial charge in [-0.15, -0.1) is 0 Å². The third-order valence-corrected chi connectivity index (χ3v) is 3.92. The smallest absolute Gasteiger partial charge is 0.307 e. The lowest BCUT2D eigenvalue weighted by atomic mass is 10.3. The first-order valence-corrected chi connectivity index (χ1v) is 6.82. The van der Waals surface area contributed by atoms with Crippen molar-refractivity contribution in [2.75, 3.05) is 5.32 Å². The van der Waals surface area contributed by atoms with E-state index in [0.717, 1.165) is 0 Å². The Labute approximate surface area is 105 Å². The first-order chi connectivity index (χ1) is 7.81. The van der Waals surface area contributed by atoms with Crippen LogP contribution in [0.15, 0.2) is 24.3 Å². The minimum absolute atomic E-state index is 0.464. The van der Waals surface area contributed by atoms with E-state index in [0.29, 0.717) is 10.7 Å². The maximum absolute atomic E-state index is 11.4. The van der Waals surface area contributed by atoms with Crippen molar-refractivity contribution >= 4 is 33.3 Å². The summed E-state index contributed by atoms with van der Waals surface area (Å²) >= 11 is 5.67. The third kappa shape index (κ3) is 4.24. The minimum atomic E-state index is -3.61. The normalized spacial score (nSPS) is 11.3. The lowest BCUT2D eigenvalue weighted by Crippen LogP contribution is -2.38. The van der Waals surface area contributed by atoms with Gasteiger partial charge in [-0.05, 0) is 38.1 Å². The third-order valence-electron chi connectivity index (χ3n) is 1.96. The highest BCUT2D eigenvalue weighted by Gasteiger charge is 2.18. The van der Waals surface area contributed by atoms with Gasteiger partial charge in [0.2, 0.25) is 10.0 Å². The van der Waals surface area contributed by atoms with E-state index in [1.54, 1.807) is 24.3 Å². The van der Waals surface area contributed by atoms with Crippen LogP contribution in [0.25, 0.3) is 0 Å². The molecule has 0 spiro atoms. The molecule has 2 N–H and O–H groups in total. The van der Waals surface area contributed by atoms with Crippen LogP contribution in [0.5, 0.6) is 0 Å². The quantitative estimate of drug-likeness (QED) is 0.889. The predicted molar refractivity (Wildman–Crippen MR) is 67.7 cm³/mol. The average molecular weight is 277 g/mol. The van der Waals surface area contributed by atoms with Gasteiger partial charge < -0.3 is 5.32 Å². The van der Waals surface area contributed by atoms with Gasteiger partial charge >= 0.3 is 6.03 Å². The number of benzene rings is 1. The Bertz CT molecular complexity index is 497. The Morgan fingerprint density at radius 3 is 2.24 bits per heavy atom. The Balaban J connectivity index is 2.65. The van der Waals surface area contributed by atoms with Crippen LogP contribution in [-0.2, 0) is 10.0 Å². The molecular formula is C10H13ClN2O3S. The number of sulfonamides is 1. The maximum Gasteiger partial charge on any atom is 0.332 e. The zero-order valence-corrected chi connectivity index (χ0v) is 11.0. The fraction of sp³-hybridized carbons (Fsp3) is 0.300. The van der Waals surface area contributed by atoms with Crippen molar-refractivity contribution in [2.45, 2.75) is 19.1 Å². The van der Waals surface area contributed by atoms with Crippen LogP contribution in [0.1, 0.15) is 13.8 Å². The number of rotatable bonds is 3. The number of amides is 2. The van der Waals surface area contributed by atoms with E-state index in [1.807, 2.05) is 4.72 Å². The number of hydrogen-bond acceptors (Lipinski definition) is 3. The molecule has 0 aliphatic heterocycles. The summed E-state index contributed by atoms with van der Waals surface area (Å²) in [6, 6.07) is 5.54. The van der Waals surface area contributed by atoms with Gasteiger partial charge in [0.05, 0.1) is 5.25 Å². The number of halogens is 1. The Morgan fingerprint density at radius 1 is 1.24 bits per heavy atom. The summed E-state index contributed by atoms with van der Waals surface area (Å²) in [5.74, 6) is 0. The van der Waals surface area contributed by atoms with Crippen LogP contribution in [0.2, 0.25) is 5.02 Å². The second kappa shape index (κ2) is 5.37. The lowest BCUT2D eigenvalue weighted by molar-refractivity contribution is 0.256. The molecule has 1 aromatic rings. The van der Waals surface area contributed by atoms with Crippen molar-refractivity contribution in [3.05, 3.63) is 29.3 Å². The highest BCUT2D eigenvalue weighted by molar-refractivity contribution is 7.90. The summed E-state index contributed by atoms with van der Waals surface area (Å²) in [7, 11) is -3.61. The number of carbonyl (C=O) groups excluding carboxylic acids is 1. The van der Waals surface area contributed by atoms with Crippen molar-refractivity contribution < 1.29 is 13.2 Å². The minimum Gasteiger partial charge on any atom is -0.307 e. The van der Waals surface area contributed by atoms with Crippen LogP contribution in [0.4, 0.5) is 10.5 Å². The van der Waals surface area contributed by atoms with Gasteiger partial charge in [-0.1, -0.05) is 11.6 Å². The highest BCUT2D eigenvalue weighted by Crippen LogP contribution is 2.13. The van der Waals surface area contributed by atoms with Crippen LogP contribution < -0.4 is 10.0 Å². The van der Waals surface area contributed by atoms with Gasteiger partial charge in [0.25, 0.3) is 0 Å². The first kappa shape index (κ1) is 13.8. The molecule has 17 heavy (non-hydrogen) atoms. The maximum atomic E-state index is 11.4. The van der Waals surface area contributed by atoms with Crippen molar-refractivity contribution in [3.63, 3.8) is 0 Å². The van der Waals surface area contributed by atoms with Crippen LogP contribution in [0.3, 0.4) is 0 Å². The standard InChI is InChI=1S/C10H13ClN2O3S/c1-7(2)17(15,16)13-10(14)12-9-5-3-8(11)4-6-9/h3-7H,1-2H3,(H2,12,13,14). The highest BCUT2D eigenvalue weighted by atomic mass is 35.5. The summed E-state index contributed by atoms with van der Waals surface area (Å²) in [4.78, 5) is 11.4. The SMILES string of the molecule is CC(C)S(=O)(=O)NC(=O)Nc1ccc(Cl)cc1. The molecule has 0 radical (unpaired) electrons. The van der Waals surface area contributed by atoms with Crippen LogP contribution in [-0.4, -0.2) is 19.7 Å². The van der Waals surface area contributed by atoms with E-state index in [2.05, 4.69) is 5.32 Å². The topological polar surface area (TPSA) is 75.3 Å². The van der Waals surface area contributed by atoms with Crippen LogP contribution in [0, 0.1) is 0 Å². The van der Waals surface area contributed by atoms with Crippen molar-refractivity contribution in [1.82, 2.24) is 4.72 Å². The van der Waals surface area contributed by atoms with Crippen LogP contribution >= 0.6 is 11.6 Å². The fourth-order valence-corrected chi connectivity index (χ4v) is 1.61. The molecule has 0 fully saturated rings. The van der Waals surface area contributed by atoms with Crippen molar-refractivity contribution in [1.29, 1.82) is 0 Å². The van der Waals surface area contributed by atoms with Crippen molar-refractivity contribution in [2.24, 2.45) is 0 Å². The van der Waals surface area contributed by atoms with E-state index in [-0.39, 0.29) is 0 Å². The zero-order chi connectivity index (χ0) is 13.1. The molecule has 0 aromatic heterocycles. The Hall–Kier alpha value is -1.27. The number of hydrogen-bond donors (Lipinski definition) is 2. The summed E-state index contributed by atoms with van der Waals surface area (Å²) in [5.41, 5.74) is 0.464. The predicted octanol–water partition coefficient (Wildman–Crippen LogP) is 2.20. The van der Waals surface area contributed by atoms with E-state index >= 15 is 0 Å². The molecule has 2 amide bonds. The van der Waals surface area contributed by atoms with Gasteiger partial charge in [0, 0.05) is 10.7 Å². The second-order valence-corrected chi connectivity index (χ2v) is 6.33. The molecule has 0 aliphatic carbocycles. The molecule has 0 saturated heterocycles. The summed E-state index contributed by atoms with van der Waals surface area (Å²) < 4.78 is 24.7. The molecule has 7 heteroatoms. The largest absolute Gasteiger partial charge is 0.332 e. The molecule has 0 aliphatic rings. The van der Waals surface area contributed by atoms with E-state index in [4.69, 9.17) is 11.6 Å². The van der Waals surface area contributed by atoms with Gasteiger partial charge in [-0.25, -0.2) is 17.9 Å². The molecule has 1 rings (SSSR count). The van der Waals surface area contributed by atoms with E-state index in [9.17, 15) is 13.2 Å². The van der Waals surface area contributed by atoms with Gasteiger partial charge in [-0.2, -0.15) is 0 Å². The van der Waals surface area contributed by atoms with Gasteiger partial charge in [-0.3, -0.25) is 0 Å². The molecule has 1 aromatic carbocycles. The van der Waals surface area contributed by atoms with E-state index < -0.39 is 21.3 Å². The lowest BCUT2D eigenvalue weighted by Gasteiger charge is -2.10. The molecule has 0 atom stereocenters. The first-order valence-electron chi connectivity index (χ1n) is 4.89. The number of nitrogens with one attached hydrogen (secondary N) is 2. The van der Waals surface area contributed by atoms with E-state index in [1.165, 1.54) is 13.8 Å². The molecule has 0 saturated carbocycles. The molecule has 0 bridgehead atoms. The Morgan fingerprint density at radius 2 is 1.76 bits per heavy atom. The monoisotopic (exact) mass is 276 g/mol. The number of urea groups is 1. The molecular weight excluding hydrogens is 264 g/mol.